The zero-order valence-electron chi connectivity index (χ0n) is 19.5. The summed E-state index contributed by atoms with van der Waals surface area (Å²) < 4.78 is 35.3. The maximum Gasteiger partial charge on any atom is 0.251 e. The number of nitrogens with zero attached hydrogens (tertiary/aromatic N) is 4. The molecule has 0 saturated carbocycles. The lowest BCUT2D eigenvalue weighted by Gasteiger charge is -2.32. The second-order valence-corrected chi connectivity index (χ2v) is 10.3. The molecule has 2 aromatic carbocycles. The molecule has 0 spiro atoms. The van der Waals surface area contributed by atoms with Crippen molar-refractivity contribution in [3.63, 3.8) is 0 Å². The van der Waals surface area contributed by atoms with Crippen LogP contribution in [-0.2, 0) is 10.0 Å². The maximum atomic E-state index is 13.4. The number of carbonyl (C=O) groups excluding carboxylic acids is 1. The van der Waals surface area contributed by atoms with Gasteiger partial charge in [-0.3, -0.25) is 4.79 Å². The van der Waals surface area contributed by atoms with Crippen molar-refractivity contribution in [3.05, 3.63) is 66.2 Å². The Hall–Kier alpha value is -3.24. The molecule has 1 aromatic heterocycles. The number of sulfonamides is 1. The largest absolute Gasteiger partial charge is 0.495 e. The molecule has 0 radical (unpaired) electrons. The molecule has 1 amide bonds. The number of rotatable bonds is 7. The van der Waals surface area contributed by atoms with Gasteiger partial charge in [-0.25, -0.2) is 18.1 Å². The summed E-state index contributed by atoms with van der Waals surface area (Å²) in [5, 5.41) is 7.05. The van der Waals surface area contributed by atoms with Crippen LogP contribution in [0.3, 0.4) is 0 Å². The van der Waals surface area contributed by atoms with E-state index in [4.69, 9.17) is 4.74 Å². The number of hydrogen-bond donors (Lipinski definition) is 1. The van der Waals surface area contributed by atoms with Crippen molar-refractivity contribution in [2.75, 3.05) is 13.7 Å². The van der Waals surface area contributed by atoms with E-state index in [9.17, 15) is 13.2 Å². The molecule has 34 heavy (non-hydrogen) atoms. The summed E-state index contributed by atoms with van der Waals surface area (Å²) >= 11 is 0. The molecule has 2 atom stereocenters. The van der Waals surface area contributed by atoms with Crippen LogP contribution in [0.25, 0.3) is 5.69 Å². The van der Waals surface area contributed by atoms with Gasteiger partial charge in [0, 0.05) is 18.2 Å². The average molecular weight is 484 g/mol. The van der Waals surface area contributed by atoms with Crippen LogP contribution in [0.2, 0.25) is 0 Å². The van der Waals surface area contributed by atoms with Gasteiger partial charge in [-0.2, -0.15) is 9.40 Å². The van der Waals surface area contributed by atoms with Crippen LogP contribution >= 0.6 is 0 Å². The van der Waals surface area contributed by atoms with Crippen molar-refractivity contribution in [2.45, 2.75) is 50.1 Å². The van der Waals surface area contributed by atoms with Crippen molar-refractivity contribution >= 4 is 15.9 Å². The minimum Gasteiger partial charge on any atom is -0.495 e. The first-order chi connectivity index (χ1) is 16.3. The van der Waals surface area contributed by atoms with Crippen LogP contribution in [0.4, 0.5) is 0 Å². The molecule has 10 heteroatoms. The molecule has 1 fully saturated rings. The molecular weight excluding hydrogens is 454 g/mol. The Balaban J connectivity index is 1.54. The maximum absolute atomic E-state index is 13.4. The summed E-state index contributed by atoms with van der Waals surface area (Å²) in [6.07, 6.45) is 5.71. The summed E-state index contributed by atoms with van der Waals surface area (Å²) in [7, 11) is -2.37. The van der Waals surface area contributed by atoms with E-state index in [-0.39, 0.29) is 34.2 Å². The summed E-state index contributed by atoms with van der Waals surface area (Å²) in [6, 6.07) is 11.7. The Kier molecular flexibility index (Phi) is 6.99. The zero-order chi connectivity index (χ0) is 24.3. The van der Waals surface area contributed by atoms with Gasteiger partial charge < -0.3 is 10.1 Å². The average Bonchev–Trinajstić information content (AvgIpc) is 3.39. The second kappa shape index (κ2) is 9.94. The molecule has 180 valence electrons. The summed E-state index contributed by atoms with van der Waals surface area (Å²) in [6.45, 7) is 4.25. The highest BCUT2D eigenvalue weighted by atomic mass is 32.2. The zero-order valence-corrected chi connectivity index (χ0v) is 20.3. The smallest absolute Gasteiger partial charge is 0.251 e. The molecule has 2 heterocycles. The molecule has 2 unspecified atom stereocenters. The number of aromatic nitrogens is 3. The number of benzene rings is 2. The second-order valence-electron chi connectivity index (χ2n) is 8.45. The van der Waals surface area contributed by atoms with Crippen LogP contribution in [0.5, 0.6) is 5.75 Å². The fraction of sp³-hybridized carbons (Fsp3) is 0.375. The molecule has 3 aromatic rings. The summed E-state index contributed by atoms with van der Waals surface area (Å²) in [5.74, 6) is -0.135. The van der Waals surface area contributed by atoms with E-state index < -0.39 is 10.0 Å². The lowest BCUT2D eigenvalue weighted by atomic mass is 10.1. The van der Waals surface area contributed by atoms with Crippen LogP contribution < -0.4 is 10.1 Å². The molecule has 1 aliphatic rings. The van der Waals surface area contributed by atoms with Crippen LogP contribution in [-0.4, -0.2) is 53.1 Å². The van der Waals surface area contributed by atoms with Gasteiger partial charge in [0.2, 0.25) is 10.0 Å². The van der Waals surface area contributed by atoms with E-state index in [1.54, 1.807) is 17.1 Å². The third kappa shape index (κ3) is 4.83. The first-order valence-corrected chi connectivity index (χ1v) is 12.7. The molecule has 0 aliphatic carbocycles. The van der Waals surface area contributed by atoms with E-state index in [1.807, 2.05) is 38.1 Å². The molecule has 4 rings (SSSR count). The number of carbonyl (C=O) groups is 1. The number of ether oxygens (including phenoxy) is 1. The standard InChI is InChI=1S/C24H29N5O4S/c1-17-6-4-5-13-29(17)34(31,32)23-14-20(9-12-22(23)33-3)24(30)27-18(2)19-7-10-21(11-8-19)28-16-25-15-26-28/h7-12,14-18H,4-6,13H2,1-3H3,(H,27,30). The Morgan fingerprint density at radius 1 is 1.18 bits per heavy atom. The lowest BCUT2D eigenvalue weighted by molar-refractivity contribution is 0.0939. The van der Waals surface area contributed by atoms with Gasteiger partial charge in [0.05, 0.1) is 18.8 Å². The van der Waals surface area contributed by atoms with Crippen LogP contribution in [0.15, 0.2) is 60.0 Å². The highest BCUT2D eigenvalue weighted by molar-refractivity contribution is 7.89. The Morgan fingerprint density at radius 2 is 1.94 bits per heavy atom. The molecule has 1 saturated heterocycles. The molecule has 9 nitrogen and oxygen atoms in total. The Morgan fingerprint density at radius 3 is 2.59 bits per heavy atom. The van der Waals surface area contributed by atoms with Gasteiger partial charge in [-0.1, -0.05) is 18.6 Å². The van der Waals surface area contributed by atoms with E-state index in [1.165, 1.54) is 29.9 Å². The van der Waals surface area contributed by atoms with E-state index >= 15 is 0 Å². The van der Waals surface area contributed by atoms with E-state index in [0.717, 1.165) is 30.5 Å². The number of nitrogens with one attached hydrogen (secondary N) is 1. The van der Waals surface area contributed by atoms with E-state index in [0.29, 0.717) is 6.54 Å². The van der Waals surface area contributed by atoms with Gasteiger partial charge in [-0.15, -0.1) is 0 Å². The van der Waals surface area contributed by atoms with E-state index in [2.05, 4.69) is 15.4 Å². The van der Waals surface area contributed by atoms with Gasteiger partial charge in [0.15, 0.2) is 0 Å². The summed E-state index contributed by atoms with van der Waals surface area (Å²) in [4.78, 5) is 17.0. The van der Waals surface area contributed by atoms with Gasteiger partial charge in [0.25, 0.3) is 5.91 Å². The van der Waals surface area contributed by atoms with Crippen LogP contribution in [0.1, 0.15) is 55.1 Å². The SMILES string of the molecule is COc1ccc(C(=O)NC(C)c2ccc(-n3cncn3)cc2)cc1S(=O)(=O)N1CCCCC1C. The monoisotopic (exact) mass is 483 g/mol. The fourth-order valence-corrected chi connectivity index (χ4v) is 6.08. The van der Waals surface area contributed by atoms with Crippen molar-refractivity contribution in [1.82, 2.24) is 24.4 Å². The third-order valence-corrected chi connectivity index (χ3v) is 8.21. The number of methoxy groups -OCH3 is 1. The number of amides is 1. The highest BCUT2D eigenvalue weighted by Crippen LogP contribution is 2.32. The predicted octanol–water partition coefficient (Wildman–Crippen LogP) is 3.33. The Labute approximate surface area is 199 Å². The van der Waals surface area contributed by atoms with Crippen molar-refractivity contribution < 1.29 is 17.9 Å². The quantitative estimate of drug-likeness (QED) is 0.553. The van der Waals surface area contributed by atoms with Gasteiger partial charge in [-0.05, 0) is 62.6 Å². The summed E-state index contributed by atoms with van der Waals surface area (Å²) in [5.41, 5.74) is 2.02. The molecular formula is C24H29N5O4S. The lowest BCUT2D eigenvalue weighted by Crippen LogP contribution is -2.42. The molecule has 1 N–H and O–H groups in total. The minimum atomic E-state index is -3.80. The minimum absolute atomic E-state index is 0.0150. The van der Waals surface area contributed by atoms with Gasteiger partial charge >= 0.3 is 0 Å². The Bertz CT molecular complexity index is 1240. The molecule has 1 aliphatic heterocycles. The number of hydrogen-bond acceptors (Lipinski definition) is 6. The van der Waals surface area contributed by atoms with Crippen LogP contribution in [0, 0.1) is 0 Å². The predicted molar refractivity (Wildman–Crippen MR) is 127 cm³/mol. The highest BCUT2D eigenvalue weighted by Gasteiger charge is 2.33. The van der Waals surface area contributed by atoms with Crippen molar-refractivity contribution in [2.24, 2.45) is 0 Å². The topological polar surface area (TPSA) is 106 Å². The van der Waals surface area contributed by atoms with Crippen molar-refractivity contribution in [3.8, 4) is 11.4 Å². The fourth-order valence-electron chi connectivity index (χ4n) is 4.20. The normalized spacial score (nSPS) is 17.8. The molecule has 0 bridgehead atoms. The third-order valence-electron chi connectivity index (χ3n) is 6.18. The van der Waals surface area contributed by atoms with Gasteiger partial charge in [0.1, 0.15) is 23.3 Å². The first-order valence-electron chi connectivity index (χ1n) is 11.3. The first kappa shape index (κ1) is 23.9. The number of piperidine rings is 1. The van der Waals surface area contributed by atoms with Crippen molar-refractivity contribution in [1.29, 1.82) is 0 Å².